The second-order valence-corrected chi connectivity index (χ2v) is 4.67. The van der Waals surface area contributed by atoms with Crippen molar-refractivity contribution in [3.63, 3.8) is 0 Å². The number of hydrogen-bond acceptors (Lipinski definition) is 3. The number of amides is 1. The average molecular weight is 236 g/mol. The summed E-state index contributed by atoms with van der Waals surface area (Å²) in [5.74, 6) is 0.707. The van der Waals surface area contributed by atoms with Gasteiger partial charge in [0.15, 0.2) is 0 Å². The van der Waals surface area contributed by atoms with E-state index in [0.717, 1.165) is 37.7 Å². The Labute approximate surface area is 102 Å². The molecule has 1 atom stereocenters. The molecule has 17 heavy (non-hydrogen) atoms. The fourth-order valence-corrected chi connectivity index (χ4v) is 2.24. The van der Waals surface area contributed by atoms with Crippen molar-refractivity contribution < 1.29 is 4.79 Å². The molecule has 0 spiro atoms. The summed E-state index contributed by atoms with van der Waals surface area (Å²) in [6.45, 7) is 4.71. The maximum absolute atomic E-state index is 10.9. The van der Waals surface area contributed by atoms with Gasteiger partial charge < -0.3 is 10.6 Å². The first kappa shape index (κ1) is 12.1. The Bertz CT molecular complexity index is 368. The lowest BCUT2D eigenvalue weighted by molar-refractivity contribution is -0.114. The van der Waals surface area contributed by atoms with Crippen molar-refractivity contribution in [1.29, 1.82) is 0 Å². The quantitative estimate of drug-likeness (QED) is 0.826. The molecule has 1 unspecified atom stereocenters. The first-order chi connectivity index (χ1) is 8.24. The topological polar surface area (TPSA) is 59.0 Å². The second-order valence-electron chi connectivity index (χ2n) is 4.67. The molecule has 5 nitrogen and oxygen atoms in total. The maximum Gasteiger partial charge on any atom is 0.221 e. The zero-order valence-corrected chi connectivity index (χ0v) is 10.3. The molecule has 2 rings (SSSR count). The van der Waals surface area contributed by atoms with E-state index in [1.807, 2.05) is 10.9 Å². The van der Waals surface area contributed by atoms with Gasteiger partial charge in [0.2, 0.25) is 5.91 Å². The largest absolute Gasteiger partial charge is 0.324 e. The van der Waals surface area contributed by atoms with Crippen LogP contribution >= 0.6 is 0 Å². The van der Waals surface area contributed by atoms with E-state index >= 15 is 0 Å². The smallest absolute Gasteiger partial charge is 0.221 e. The van der Waals surface area contributed by atoms with Gasteiger partial charge in [0, 0.05) is 19.7 Å². The third-order valence-electron chi connectivity index (χ3n) is 3.12. The summed E-state index contributed by atoms with van der Waals surface area (Å²) < 4.78 is 1.90. The lowest BCUT2D eigenvalue weighted by Crippen LogP contribution is -2.30. The summed E-state index contributed by atoms with van der Waals surface area (Å²) in [7, 11) is 0. The van der Waals surface area contributed by atoms with Crippen LogP contribution in [0.25, 0.3) is 0 Å². The Morgan fingerprint density at radius 1 is 1.71 bits per heavy atom. The van der Waals surface area contributed by atoms with E-state index in [1.165, 1.54) is 19.8 Å². The molecule has 0 saturated carbocycles. The van der Waals surface area contributed by atoms with Gasteiger partial charge in [-0.25, -0.2) is 0 Å². The SMILES string of the molecule is CC(=O)Nc1cnn(CCC2CCCNC2)c1. The van der Waals surface area contributed by atoms with Crippen molar-refractivity contribution in [3.8, 4) is 0 Å². The van der Waals surface area contributed by atoms with E-state index in [9.17, 15) is 4.79 Å². The number of aryl methyl sites for hydroxylation is 1. The Morgan fingerprint density at radius 3 is 3.29 bits per heavy atom. The summed E-state index contributed by atoms with van der Waals surface area (Å²) in [6, 6.07) is 0. The zero-order chi connectivity index (χ0) is 12.1. The van der Waals surface area contributed by atoms with Gasteiger partial charge in [0.1, 0.15) is 0 Å². The summed E-state index contributed by atoms with van der Waals surface area (Å²) in [5, 5.41) is 10.4. The molecule has 1 aliphatic heterocycles. The first-order valence-corrected chi connectivity index (χ1v) is 6.25. The van der Waals surface area contributed by atoms with Crippen LogP contribution in [0.5, 0.6) is 0 Å². The van der Waals surface area contributed by atoms with Crippen LogP contribution in [-0.4, -0.2) is 28.8 Å². The molecular weight excluding hydrogens is 216 g/mol. The van der Waals surface area contributed by atoms with Gasteiger partial charge in [0.05, 0.1) is 11.9 Å². The van der Waals surface area contributed by atoms with Crippen LogP contribution in [0, 0.1) is 5.92 Å². The average Bonchev–Trinajstić information content (AvgIpc) is 2.75. The Kier molecular flexibility index (Phi) is 4.14. The standard InChI is InChI=1S/C12H20N4O/c1-10(17)15-12-8-14-16(9-12)6-4-11-3-2-5-13-7-11/h8-9,11,13H,2-7H2,1H3,(H,15,17). The molecule has 0 radical (unpaired) electrons. The minimum absolute atomic E-state index is 0.0546. The summed E-state index contributed by atoms with van der Waals surface area (Å²) in [6.07, 6.45) is 7.32. The van der Waals surface area contributed by atoms with Crippen LogP contribution in [0.3, 0.4) is 0 Å². The van der Waals surface area contributed by atoms with Crippen LogP contribution in [0.2, 0.25) is 0 Å². The van der Waals surface area contributed by atoms with Crippen molar-refractivity contribution >= 4 is 11.6 Å². The molecule has 1 aliphatic rings. The van der Waals surface area contributed by atoms with Crippen LogP contribution in [0.1, 0.15) is 26.2 Å². The highest BCUT2D eigenvalue weighted by Crippen LogP contribution is 2.15. The summed E-state index contributed by atoms with van der Waals surface area (Å²) in [5.41, 5.74) is 0.777. The van der Waals surface area contributed by atoms with Gasteiger partial charge >= 0.3 is 0 Å². The molecule has 0 aromatic carbocycles. The van der Waals surface area contributed by atoms with Crippen molar-refractivity contribution in [1.82, 2.24) is 15.1 Å². The predicted molar refractivity (Wildman–Crippen MR) is 66.7 cm³/mol. The molecule has 0 bridgehead atoms. The Balaban J connectivity index is 1.78. The molecule has 1 saturated heterocycles. The van der Waals surface area contributed by atoms with E-state index in [1.54, 1.807) is 6.20 Å². The van der Waals surface area contributed by atoms with E-state index < -0.39 is 0 Å². The first-order valence-electron chi connectivity index (χ1n) is 6.25. The Morgan fingerprint density at radius 2 is 2.59 bits per heavy atom. The summed E-state index contributed by atoms with van der Waals surface area (Å²) >= 11 is 0. The van der Waals surface area contributed by atoms with Gasteiger partial charge in [-0.3, -0.25) is 9.48 Å². The van der Waals surface area contributed by atoms with E-state index in [-0.39, 0.29) is 5.91 Å². The number of aromatic nitrogens is 2. The van der Waals surface area contributed by atoms with E-state index in [0.29, 0.717) is 0 Å². The highest BCUT2D eigenvalue weighted by atomic mass is 16.1. The number of rotatable bonds is 4. The molecule has 5 heteroatoms. The molecule has 2 heterocycles. The molecule has 1 fully saturated rings. The monoisotopic (exact) mass is 236 g/mol. The fourth-order valence-electron chi connectivity index (χ4n) is 2.24. The number of nitrogens with one attached hydrogen (secondary N) is 2. The number of carbonyl (C=O) groups excluding carboxylic acids is 1. The maximum atomic E-state index is 10.9. The molecule has 1 aromatic heterocycles. The number of nitrogens with zero attached hydrogens (tertiary/aromatic N) is 2. The molecule has 94 valence electrons. The minimum atomic E-state index is -0.0546. The van der Waals surface area contributed by atoms with Crippen LogP contribution in [0.4, 0.5) is 5.69 Å². The van der Waals surface area contributed by atoms with Crippen molar-refractivity contribution in [2.45, 2.75) is 32.7 Å². The number of anilines is 1. The molecule has 1 aromatic rings. The van der Waals surface area contributed by atoms with Crippen molar-refractivity contribution in [2.75, 3.05) is 18.4 Å². The van der Waals surface area contributed by atoms with Gasteiger partial charge in [-0.05, 0) is 38.3 Å². The van der Waals surface area contributed by atoms with Crippen molar-refractivity contribution in [2.24, 2.45) is 5.92 Å². The lowest BCUT2D eigenvalue weighted by Gasteiger charge is -2.22. The molecule has 1 amide bonds. The second kappa shape index (κ2) is 5.82. The van der Waals surface area contributed by atoms with E-state index in [2.05, 4.69) is 15.7 Å². The third-order valence-corrected chi connectivity index (χ3v) is 3.12. The summed E-state index contributed by atoms with van der Waals surface area (Å²) in [4.78, 5) is 10.9. The van der Waals surface area contributed by atoms with Crippen LogP contribution < -0.4 is 10.6 Å². The molecular formula is C12H20N4O. The normalized spacial score (nSPS) is 20.2. The number of carbonyl (C=O) groups is 1. The number of hydrogen-bond donors (Lipinski definition) is 2. The van der Waals surface area contributed by atoms with E-state index in [4.69, 9.17) is 0 Å². The minimum Gasteiger partial charge on any atom is -0.324 e. The van der Waals surface area contributed by atoms with Gasteiger partial charge in [-0.2, -0.15) is 5.10 Å². The Hall–Kier alpha value is -1.36. The highest BCUT2D eigenvalue weighted by Gasteiger charge is 2.12. The van der Waals surface area contributed by atoms with Crippen LogP contribution in [-0.2, 0) is 11.3 Å². The van der Waals surface area contributed by atoms with Gasteiger partial charge in [-0.15, -0.1) is 0 Å². The molecule has 0 aliphatic carbocycles. The fraction of sp³-hybridized carbons (Fsp3) is 0.667. The van der Waals surface area contributed by atoms with Gasteiger partial charge in [0.25, 0.3) is 0 Å². The lowest BCUT2D eigenvalue weighted by atomic mass is 9.96. The molecule has 2 N–H and O–H groups in total. The zero-order valence-electron chi connectivity index (χ0n) is 10.3. The van der Waals surface area contributed by atoms with Crippen LogP contribution in [0.15, 0.2) is 12.4 Å². The highest BCUT2D eigenvalue weighted by molar-refractivity contribution is 5.88. The predicted octanol–water partition coefficient (Wildman–Crippen LogP) is 1.23. The third kappa shape index (κ3) is 3.85. The number of piperidine rings is 1. The van der Waals surface area contributed by atoms with Crippen molar-refractivity contribution in [3.05, 3.63) is 12.4 Å². The van der Waals surface area contributed by atoms with Gasteiger partial charge in [-0.1, -0.05) is 0 Å².